The molecule has 0 saturated heterocycles. The van der Waals surface area contributed by atoms with Crippen LogP contribution in [0.5, 0.6) is 5.75 Å². The average Bonchev–Trinajstić information content (AvgIpc) is 2.88. The molecule has 1 aromatic carbocycles. The lowest BCUT2D eigenvalue weighted by molar-refractivity contribution is -0.123. The van der Waals surface area contributed by atoms with Gasteiger partial charge >= 0.3 is 0 Å². The summed E-state index contributed by atoms with van der Waals surface area (Å²) < 4.78 is 5.72. The summed E-state index contributed by atoms with van der Waals surface area (Å²) in [6.45, 7) is 5.11. The third kappa shape index (κ3) is 4.21. The molecule has 1 unspecified atom stereocenters. The number of benzene rings is 1. The smallest absolute Gasteiger partial charge is 0.257 e. The van der Waals surface area contributed by atoms with Gasteiger partial charge < -0.3 is 15.4 Å². The molecule has 0 aliphatic heterocycles. The summed E-state index contributed by atoms with van der Waals surface area (Å²) in [6.07, 6.45) is 3.09. The van der Waals surface area contributed by atoms with E-state index < -0.39 is 0 Å². The predicted octanol–water partition coefficient (Wildman–Crippen LogP) is 2.43. The zero-order chi connectivity index (χ0) is 15.2. The van der Waals surface area contributed by atoms with Crippen molar-refractivity contribution in [2.75, 3.05) is 20.2 Å². The molecule has 0 fully saturated rings. The van der Waals surface area contributed by atoms with Crippen molar-refractivity contribution >= 4 is 5.91 Å². The van der Waals surface area contributed by atoms with Gasteiger partial charge in [-0.1, -0.05) is 26.0 Å². The fourth-order valence-electron chi connectivity index (χ4n) is 2.75. The van der Waals surface area contributed by atoms with Crippen molar-refractivity contribution in [3.8, 4) is 5.75 Å². The first kappa shape index (κ1) is 15.8. The van der Waals surface area contributed by atoms with E-state index in [9.17, 15) is 4.79 Å². The predicted molar refractivity (Wildman–Crippen MR) is 84.5 cm³/mol. The Morgan fingerprint density at radius 2 is 2.24 bits per heavy atom. The van der Waals surface area contributed by atoms with Crippen molar-refractivity contribution in [1.29, 1.82) is 0 Å². The number of ether oxygens (including phenoxy) is 1. The van der Waals surface area contributed by atoms with Gasteiger partial charge in [-0.3, -0.25) is 4.79 Å². The lowest BCUT2D eigenvalue weighted by atomic mass is 10.1. The highest BCUT2D eigenvalue weighted by molar-refractivity contribution is 5.77. The van der Waals surface area contributed by atoms with Gasteiger partial charge in [-0.15, -0.1) is 0 Å². The van der Waals surface area contributed by atoms with Crippen LogP contribution in [0.3, 0.4) is 0 Å². The van der Waals surface area contributed by atoms with Gasteiger partial charge in [0.05, 0.1) is 0 Å². The quantitative estimate of drug-likeness (QED) is 0.811. The van der Waals surface area contributed by atoms with E-state index in [0.29, 0.717) is 18.5 Å². The molecule has 21 heavy (non-hydrogen) atoms. The Labute approximate surface area is 127 Å². The fraction of sp³-hybridized carbons (Fsp3) is 0.588. The molecule has 1 aliphatic rings. The molecule has 4 nitrogen and oxygen atoms in total. The largest absolute Gasteiger partial charge is 0.483 e. The van der Waals surface area contributed by atoms with E-state index in [1.807, 2.05) is 19.2 Å². The summed E-state index contributed by atoms with van der Waals surface area (Å²) in [5.74, 6) is 1.41. The number of hydrogen-bond acceptors (Lipinski definition) is 3. The zero-order valence-electron chi connectivity index (χ0n) is 13.2. The lowest BCUT2D eigenvalue weighted by Crippen LogP contribution is -2.30. The van der Waals surface area contributed by atoms with E-state index in [2.05, 4.69) is 30.5 Å². The molecule has 2 N–H and O–H groups in total. The van der Waals surface area contributed by atoms with Crippen molar-refractivity contribution < 1.29 is 9.53 Å². The van der Waals surface area contributed by atoms with Gasteiger partial charge in [-0.05, 0) is 49.4 Å². The van der Waals surface area contributed by atoms with Gasteiger partial charge in [0.2, 0.25) is 0 Å². The highest BCUT2D eigenvalue weighted by atomic mass is 16.5. The van der Waals surface area contributed by atoms with E-state index in [1.54, 1.807) is 0 Å². The Kier molecular flexibility index (Phi) is 5.62. The normalized spacial score (nSPS) is 16.9. The van der Waals surface area contributed by atoms with E-state index in [1.165, 1.54) is 11.1 Å². The van der Waals surface area contributed by atoms with Gasteiger partial charge in [-0.25, -0.2) is 0 Å². The number of hydrogen-bond donors (Lipinski definition) is 2. The second-order valence-corrected chi connectivity index (χ2v) is 6.03. The van der Waals surface area contributed by atoms with E-state index in [4.69, 9.17) is 4.74 Å². The summed E-state index contributed by atoms with van der Waals surface area (Å²) >= 11 is 0. The molecular weight excluding hydrogens is 264 g/mol. The minimum atomic E-state index is -0.0450. The number of carbonyl (C=O) groups is 1. The van der Waals surface area contributed by atoms with Crippen molar-refractivity contribution in [2.24, 2.45) is 5.92 Å². The van der Waals surface area contributed by atoms with Crippen molar-refractivity contribution in [3.05, 3.63) is 29.3 Å². The minimum Gasteiger partial charge on any atom is -0.483 e. The fourth-order valence-corrected chi connectivity index (χ4v) is 2.75. The van der Waals surface area contributed by atoms with Gasteiger partial charge in [0, 0.05) is 12.6 Å². The van der Waals surface area contributed by atoms with Crippen LogP contribution in [-0.4, -0.2) is 26.1 Å². The molecule has 0 radical (unpaired) electrons. The van der Waals surface area contributed by atoms with E-state index >= 15 is 0 Å². The van der Waals surface area contributed by atoms with E-state index in [0.717, 1.165) is 25.0 Å². The maximum Gasteiger partial charge on any atom is 0.257 e. The Balaban J connectivity index is 1.87. The monoisotopic (exact) mass is 290 g/mol. The Bertz CT molecular complexity index is 486. The average molecular weight is 290 g/mol. The van der Waals surface area contributed by atoms with E-state index in [-0.39, 0.29) is 12.5 Å². The highest BCUT2D eigenvalue weighted by Crippen LogP contribution is 2.36. The van der Waals surface area contributed by atoms with Crippen molar-refractivity contribution in [2.45, 2.75) is 39.2 Å². The first-order chi connectivity index (χ1) is 10.1. The maximum atomic E-state index is 11.8. The molecule has 1 aromatic rings. The zero-order valence-corrected chi connectivity index (χ0v) is 13.2. The molecule has 1 atom stereocenters. The van der Waals surface area contributed by atoms with Crippen LogP contribution in [0.25, 0.3) is 0 Å². The highest BCUT2D eigenvalue weighted by Gasteiger charge is 2.23. The summed E-state index contributed by atoms with van der Waals surface area (Å²) in [4.78, 5) is 11.8. The second kappa shape index (κ2) is 7.46. The molecule has 116 valence electrons. The maximum absolute atomic E-state index is 11.8. The summed E-state index contributed by atoms with van der Waals surface area (Å²) in [5.41, 5.74) is 2.54. The lowest BCUT2D eigenvalue weighted by Gasteiger charge is -2.13. The molecule has 0 bridgehead atoms. The van der Waals surface area contributed by atoms with Crippen LogP contribution in [0.4, 0.5) is 0 Å². The number of amides is 1. The third-order valence-electron chi connectivity index (χ3n) is 3.98. The number of carbonyl (C=O) groups excluding carboxylic acids is 1. The molecule has 0 heterocycles. The van der Waals surface area contributed by atoms with Crippen molar-refractivity contribution in [3.63, 3.8) is 0 Å². The van der Waals surface area contributed by atoms with Crippen LogP contribution in [0.2, 0.25) is 0 Å². The Morgan fingerprint density at radius 3 is 2.95 bits per heavy atom. The first-order valence-electron chi connectivity index (χ1n) is 7.80. The summed E-state index contributed by atoms with van der Waals surface area (Å²) in [5, 5.41) is 6.21. The van der Waals surface area contributed by atoms with Crippen LogP contribution >= 0.6 is 0 Å². The van der Waals surface area contributed by atoms with Crippen LogP contribution < -0.4 is 15.4 Å². The molecule has 1 amide bonds. The molecule has 4 heteroatoms. The molecule has 0 aromatic heterocycles. The molecular formula is C17H26N2O2. The van der Waals surface area contributed by atoms with Crippen LogP contribution in [0, 0.1) is 5.92 Å². The summed E-state index contributed by atoms with van der Waals surface area (Å²) in [7, 11) is 1.98. The Morgan fingerprint density at radius 1 is 1.43 bits per heavy atom. The van der Waals surface area contributed by atoms with Crippen LogP contribution in [0.15, 0.2) is 18.2 Å². The second-order valence-electron chi connectivity index (χ2n) is 6.03. The molecule has 0 spiro atoms. The van der Waals surface area contributed by atoms with Crippen LogP contribution in [0.1, 0.15) is 43.9 Å². The van der Waals surface area contributed by atoms with Gasteiger partial charge in [0.1, 0.15) is 5.75 Å². The molecule has 1 aliphatic carbocycles. The minimum absolute atomic E-state index is 0.0450. The number of nitrogens with one attached hydrogen (secondary N) is 2. The third-order valence-corrected chi connectivity index (χ3v) is 3.98. The van der Waals surface area contributed by atoms with Gasteiger partial charge in [0.25, 0.3) is 5.91 Å². The molecule has 2 rings (SSSR count). The van der Waals surface area contributed by atoms with Gasteiger partial charge in [-0.2, -0.15) is 0 Å². The SMILES string of the molecule is CNC1CCc2c(OCC(=O)NCCC(C)C)cccc21. The Hall–Kier alpha value is -1.55. The standard InChI is InChI=1S/C17H26N2O2/c1-12(2)9-10-19-17(20)11-21-16-6-4-5-13-14(16)7-8-15(13)18-3/h4-6,12,15,18H,7-11H2,1-3H3,(H,19,20). The number of rotatable bonds is 7. The van der Waals surface area contributed by atoms with Crippen molar-refractivity contribution in [1.82, 2.24) is 10.6 Å². The summed E-state index contributed by atoms with van der Waals surface area (Å²) in [6, 6.07) is 6.50. The first-order valence-corrected chi connectivity index (χ1v) is 7.80. The number of fused-ring (bicyclic) bond motifs is 1. The molecule has 0 saturated carbocycles. The van der Waals surface area contributed by atoms with Crippen LogP contribution in [-0.2, 0) is 11.2 Å². The topological polar surface area (TPSA) is 50.4 Å². The van der Waals surface area contributed by atoms with Gasteiger partial charge in [0.15, 0.2) is 6.61 Å².